The fraction of sp³-hybridized carbons (Fsp3) is 0.652. The molecule has 0 aromatic carbocycles. The third-order valence-electron chi connectivity index (χ3n) is 5.71. The smallest absolute Gasteiger partial charge is 0.305 e. The summed E-state index contributed by atoms with van der Waals surface area (Å²) in [6, 6.07) is -3.94. The molecule has 0 aromatic heterocycles. The first-order chi connectivity index (χ1) is 18.9. The van der Waals surface area contributed by atoms with E-state index in [1.165, 1.54) is 0 Å². The van der Waals surface area contributed by atoms with Crippen LogP contribution >= 0.6 is 0 Å². The lowest BCUT2D eigenvalue weighted by atomic mass is 10.1. The van der Waals surface area contributed by atoms with Crippen LogP contribution in [0.4, 0.5) is 0 Å². The summed E-state index contributed by atoms with van der Waals surface area (Å²) in [4.78, 5) is 89.2. The number of guanidine groups is 1. The lowest BCUT2D eigenvalue weighted by Gasteiger charge is -2.22. The van der Waals surface area contributed by atoms with Gasteiger partial charge in [-0.25, -0.2) is 0 Å². The topological polar surface area (TPSA) is 284 Å². The van der Waals surface area contributed by atoms with Crippen LogP contribution in [0, 0.1) is 0 Å². The van der Waals surface area contributed by atoms with Gasteiger partial charge in [-0.2, -0.15) is 0 Å². The minimum absolute atomic E-state index is 0.0975. The minimum Gasteiger partial charge on any atom is -0.481 e. The molecule has 0 bridgehead atoms. The van der Waals surface area contributed by atoms with Gasteiger partial charge in [0, 0.05) is 25.9 Å². The highest BCUT2D eigenvalue weighted by molar-refractivity contribution is 5.95. The summed E-state index contributed by atoms with van der Waals surface area (Å²) in [6.07, 6.45) is 0.476. The van der Waals surface area contributed by atoms with Gasteiger partial charge in [0.15, 0.2) is 5.96 Å². The molecule has 0 aromatic rings. The van der Waals surface area contributed by atoms with Crippen molar-refractivity contribution >= 4 is 47.4 Å². The number of rotatable bonds is 9. The van der Waals surface area contributed by atoms with Crippen molar-refractivity contribution in [2.45, 2.75) is 75.9 Å². The van der Waals surface area contributed by atoms with Crippen molar-refractivity contribution in [3.63, 3.8) is 0 Å². The number of carboxylic acids is 2. The van der Waals surface area contributed by atoms with Crippen molar-refractivity contribution in [1.29, 1.82) is 0 Å². The highest BCUT2D eigenvalue weighted by atomic mass is 16.4. The first kappa shape index (κ1) is 33.6. The lowest BCUT2D eigenvalue weighted by molar-refractivity contribution is -0.141. The van der Waals surface area contributed by atoms with E-state index >= 15 is 0 Å². The Morgan fingerprint density at radius 3 is 2.08 bits per heavy atom. The van der Waals surface area contributed by atoms with E-state index in [0.717, 1.165) is 0 Å². The zero-order valence-electron chi connectivity index (χ0n) is 22.1. The van der Waals surface area contributed by atoms with Gasteiger partial charge in [-0.15, -0.1) is 0 Å². The Kier molecular flexibility index (Phi) is 15.1. The number of hydrogen-bond donors (Lipinski definition) is 9. The molecule has 1 rings (SSSR count). The van der Waals surface area contributed by atoms with Crippen LogP contribution < -0.4 is 38.1 Å². The molecule has 40 heavy (non-hydrogen) atoms. The van der Waals surface area contributed by atoms with Gasteiger partial charge in [0.25, 0.3) is 0 Å². The SMILES string of the molecule is NC(N)=NCCCC1NC(=O)CCCCCNC(=O)[C@H](CCC(=O)O)NC(=O)[C@H](CC(=O)O)NC(=O)CNC1=O. The van der Waals surface area contributed by atoms with Crippen LogP contribution in [0.25, 0.3) is 0 Å². The summed E-state index contributed by atoms with van der Waals surface area (Å²) in [7, 11) is 0. The Labute approximate surface area is 230 Å². The van der Waals surface area contributed by atoms with Gasteiger partial charge in [0.2, 0.25) is 29.5 Å². The number of carbonyl (C=O) groups is 7. The number of aliphatic carboxylic acids is 2. The molecular weight excluding hydrogens is 532 g/mol. The van der Waals surface area contributed by atoms with Crippen molar-refractivity contribution in [2.75, 3.05) is 19.6 Å². The van der Waals surface area contributed by atoms with E-state index in [1.54, 1.807) is 0 Å². The lowest BCUT2D eigenvalue weighted by Crippen LogP contribution is -2.56. The quantitative estimate of drug-likeness (QED) is 0.0749. The van der Waals surface area contributed by atoms with Crippen LogP contribution in [0.5, 0.6) is 0 Å². The van der Waals surface area contributed by atoms with Crippen LogP contribution in [-0.2, 0) is 33.6 Å². The molecule has 1 saturated heterocycles. The molecule has 1 aliphatic heterocycles. The van der Waals surface area contributed by atoms with Gasteiger partial charge < -0.3 is 48.3 Å². The number of aliphatic imine (C=N–C) groups is 1. The summed E-state index contributed by atoms with van der Waals surface area (Å²) in [6.45, 7) is -0.274. The van der Waals surface area contributed by atoms with Crippen molar-refractivity contribution in [3.8, 4) is 0 Å². The average molecular weight is 571 g/mol. The fourth-order valence-corrected chi connectivity index (χ4v) is 3.69. The molecule has 0 radical (unpaired) electrons. The number of nitrogens with two attached hydrogens (primary N) is 2. The van der Waals surface area contributed by atoms with Gasteiger partial charge in [0.05, 0.1) is 13.0 Å². The van der Waals surface area contributed by atoms with Crippen molar-refractivity contribution in [1.82, 2.24) is 26.6 Å². The van der Waals surface area contributed by atoms with E-state index in [0.29, 0.717) is 25.7 Å². The van der Waals surface area contributed by atoms with Gasteiger partial charge in [-0.1, -0.05) is 6.42 Å². The second kappa shape index (κ2) is 18.0. The Bertz CT molecular complexity index is 968. The van der Waals surface area contributed by atoms with Crippen LogP contribution in [0.2, 0.25) is 0 Å². The summed E-state index contributed by atoms with van der Waals surface area (Å²) in [5.74, 6) is -6.47. The van der Waals surface area contributed by atoms with Gasteiger partial charge in [-0.05, 0) is 32.1 Å². The van der Waals surface area contributed by atoms with Crippen molar-refractivity contribution in [3.05, 3.63) is 0 Å². The number of carboxylic acid groups (broad SMARTS) is 2. The molecule has 17 nitrogen and oxygen atoms in total. The van der Waals surface area contributed by atoms with Gasteiger partial charge in [-0.3, -0.25) is 38.6 Å². The number of nitrogens with one attached hydrogen (secondary N) is 5. The molecular formula is C23H38N8O9. The number of amides is 5. The highest BCUT2D eigenvalue weighted by Gasteiger charge is 2.29. The van der Waals surface area contributed by atoms with Gasteiger partial charge >= 0.3 is 11.9 Å². The van der Waals surface area contributed by atoms with Crippen LogP contribution in [0.15, 0.2) is 4.99 Å². The second-order valence-electron chi connectivity index (χ2n) is 9.10. The standard InChI is InChI=1S/C23H38N8O9/c24-23(25)27-10-4-5-13-21(39)28-12-17(33)30-15(11-19(36)37)22(40)31-14(7-8-18(34)35)20(38)26-9-3-1-2-6-16(32)29-13/h13-15H,1-12H2,(H,26,38)(H,28,39)(H,29,32)(H,30,33)(H,31,40)(H,34,35)(H,36,37)(H4,24,25,27)/t13?,14-,15-/m0/s1. The van der Waals surface area contributed by atoms with Crippen LogP contribution in [0.3, 0.4) is 0 Å². The third-order valence-corrected chi connectivity index (χ3v) is 5.71. The summed E-state index contributed by atoms with van der Waals surface area (Å²) in [5, 5.41) is 30.2. The normalized spacial score (nSPS) is 22.1. The van der Waals surface area contributed by atoms with Gasteiger partial charge in [0.1, 0.15) is 18.1 Å². The number of nitrogens with zero attached hydrogens (tertiary/aromatic N) is 1. The Balaban J connectivity index is 3.07. The molecule has 0 aliphatic carbocycles. The molecule has 0 spiro atoms. The van der Waals surface area contributed by atoms with Crippen molar-refractivity contribution < 1.29 is 43.8 Å². The molecule has 1 fully saturated rings. The summed E-state index contributed by atoms with van der Waals surface area (Å²) >= 11 is 0. The average Bonchev–Trinajstić information content (AvgIpc) is 2.87. The predicted octanol–water partition coefficient (Wildman–Crippen LogP) is -3.36. The van der Waals surface area contributed by atoms with E-state index < -0.39 is 79.0 Å². The van der Waals surface area contributed by atoms with E-state index in [-0.39, 0.29) is 38.3 Å². The zero-order valence-corrected chi connectivity index (χ0v) is 22.1. The molecule has 0 saturated carbocycles. The van der Waals surface area contributed by atoms with E-state index in [2.05, 4.69) is 31.6 Å². The number of carbonyl (C=O) groups excluding carboxylic acids is 5. The van der Waals surface area contributed by atoms with E-state index in [1.807, 2.05) is 0 Å². The minimum atomic E-state index is -1.63. The first-order valence-electron chi connectivity index (χ1n) is 12.8. The summed E-state index contributed by atoms with van der Waals surface area (Å²) < 4.78 is 0. The molecule has 224 valence electrons. The monoisotopic (exact) mass is 570 g/mol. The molecule has 5 amide bonds. The van der Waals surface area contributed by atoms with Crippen molar-refractivity contribution in [2.24, 2.45) is 16.5 Å². The Hall–Kier alpha value is -4.44. The van der Waals surface area contributed by atoms with Crippen LogP contribution in [0.1, 0.15) is 57.8 Å². The molecule has 17 heteroatoms. The zero-order chi connectivity index (χ0) is 30.1. The molecule has 1 unspecified atom stereocenters. The highest BCUT2D eigenvalue weighted by Crippen LogP contribution is 2.05. The predicted molar refractivity (Wildman–Crippen MR) is 139 cm³/mol. The molecule has 3 atom stereocenters. The molecule has 1 aliphatic rings. The third kappa shape index (κ3) is 14.5. The maximum atomic E-state index is 12.8. The molecule has 1 heterocycles. The molecule has 11 N–H and O–H groups in total. The summed E-state index contributed by atoms with van der Waals surface area (Å²) in [5.41, 5.74) is 10.6. The van der Waals surface area contributed by atoms with Crippen LogP contribution in [-0.4, -0.2) is 95.4 Å². The fourth-order valence-electron chi connectivity index (χ4n) is 3.69. The van der Waals surface area contributed by atoms with E-state index in [4.69, 9.17) is 16.6 Å². The Morgan fingerprint density at radius 1 is 0.775 bits per heavy atom. The van der Waals surface area contributed by atoms with E-state index in [9.17, 15) is 38.7 Å². The largest absolute Gasteiger partial charge is 0.481 e. The number of hydrogen-bond acceptors (Lipinski definition) is 8. The Morgan fingerprint density at radius 2 is 1.43 bits per heavy atom. The first-order valence-corrected chi connectivity index (χ1v) is 12.8. The second-order valence-corrected chi connectivity index (χ2v) is 9.10. The maximum Gasteiger partial charge on any atom is 0.305 e. The maximum absolute atomic E-state index is 12.8.